The third kappa shape index (κ3) is 1.05. The van der Waals surface area contributed by atoms with E-state index >= 15 is 0 Å². The Kier molecular flexibility index (Phi) is 1.59. The first-order valence-electron chi connectivity index (χ1n) is 2.09. The molecule has 0 fully saturated rings. The molecule has 1 rings (SSSR count). The maximum Gasteiger partial charge on any atom is 0.133 e. The van der Waals surface area contributed by atoms with Gasteiger partial charge in [0.05, 0.1) is 0 Å². The normalized spacial score (nSPS) is 21.9. The van der Waals surface area contributed by atoms with Crippen LogP contribution in [0.1, 0.15) is 6.42 Å². The lowest BCUT2D eigenvalue weighted by Gasteiger charge is -1.97. The maximum atomic E-state index is 9.99. The van der Waals surface area contributed by atoms with E-state index in [4.69, 9.17) is 0 Å². The molecule has 0 radical (unpaired) electrons. The summed E-state index contributed by atoms with van der Waals surface area (Å²) < 4.78 is 20.0. The Bertz CT molecular complexity index is 143. The summed E-state index contributed by atoms with van der Waals surface area (Å²) in [5, 5.41) is 3.35. The summed E-state index contributed by atoms with van der Waals surface area (Å²) in [4.78, 5) is 4.41. The predicted octanol–water partition coefficient (Wildman–Crippen LogP) is -0.401. The number of oxime groups is 1. The van der Waals surface area contributed by atoms with Crippen molar-refractivity contribution in [2.75, 3.05) is 6.61 Å². The molecule has 0 amide bonds. The minimum Gasteiger partial charge on any atom is -0.767 e. The first-order chi connectivity index (χ1) is 3.80. The van der Waals surface area contributed by atoms with E-state index in [1.165, 1.54) is 0 Å². The summed E-state index contributed by atoms with van der Waals surface area (Å²) in [5.41, 5.74) is 0. The SMILES string of the molecule is O=S([O-])C1=NOCC1. The highest BCUT2D eigenvalue weighted by molar-refractivity contribution is 7.95. The van der Waals surface area contributed by atoms with Gasteiger partial charge in [-0.3, -0.25) is 4.21 Å². The standard InChI is InChI=1S/C3H5NO3S/c5-8(6)3-1-2-7-4-3/h1-2H2,(H,5,6)/p-1. The highest BCUT2D eigenvalue weighted by Gasteiger charge is 2.06. The van der Waals surface area contributed by atoms with Crippen molar-refractivity contribution in [3.05, 3.63) is 0 Å². The van der Waals surface area contributed by atoms with E-state index in [0.29, 0.717) is 13.0 Å². The third-order valence-corrected chi connectivity index (χ3v) is 1.43. The molecule has 0 N–H and O–H groups in total. The average Bonchev–Trinajstić information content (AvgIpc) is 2.12. The van der Waals surface area contributed by atoms with Gasteiger partial charge in [-0.25, -0.2) is 0 Å². The van der Waals surface area contributed by atoms with E-state index in [1.54, 1.807) is 0 Å². The molecule has 46 valence electrons. The predicted molar refractivity (Wildman–Crippen MR) is 26.9 cm³/mol. The second-order valence-electron chi connectivity index (χ2n) is 1.30. The van der Waals surface area contributed by atoms with Crippen molar-refractivity contribution in [1.29, 1.82) is 0 Å². The first-order valence-corrected chi connectivity index (χ1v) is 3.16. The van der Waals surface area contributed by atoms with Crippen LogP contribution in [0.2, 0.25) is 0 Å². The third-order valence-electron chi connectivity index (χ3n) is 0.766. The van der Waals surface area contributed by atoms with Gasteiger partial charge in [0, 0.05) is 6.42 Å². The number of hydrogen-bond donors (Lipinski definition) is 0. The highest BCUT2D eigenvalue weighted by atomic mass is 32.2. The molecule has 0 spiro atoms. The Morgan fingerprint density at radius 1 is 1.88 bits per heavy atom. The minimum atomic E-state index is -2.17. The Labute approximate surface area is 48.8 Å². The maximum absolute atomic E-state index is 9.99. The van der Waals surface area contributed by atoms with E-state index < -0.39 is 11.1 Å². The molecule has 5 heteroatoms. The van der Waals surface area contributed by atoms with Crippen LogP contribution in [0.15, 0.2) is 5.16 Å². The largest absolute Gasteiger partial charge is 0.767 e. The molecule has 0 saturated carbocycles. The molecular weight excluding hydrogens is 130 g/mol. The van der Waals surface area contributed by atoms with Gasteiger partial charge >= 0.3 is 0 Å². The molecule has 0 saturated heterocycles. The van der Waals surface area contributed by atoms with Crippen LogP contribution in [-0.2, 0) is 15.9 Å². The second-order valence-corrected chi connectivity index (χ2v) is 2.24. The Morgan fingerprint density at radius 3 is 2.88 bits per heavy atom. The van der Waals surface area contributed by atoms with Crippen LogP contribution in [0.3, 0.4) is 0 Å². The average molecular weight is 134 g/mol. The fourth-order valence-corrected chi connectivity index (χ4v) is 0.774. The first kappa shape index (κ1) is 5.71. The molecule has 1 aliphatic rings. The van der Waals surface area contributed by atoms with Gasteiger partial charge in [0.2, 0.25) is 0 Å². The number of nitrogens with zero attached hydrogens (tertiary/aromatic N) is 1. The zero-order chi connectivity index (χ0) is 5.98. The smallest absolute Gasteiger partial charge is 0.133 e. The molecule has 0 aromatic heterocycles. The second kappa shape index (κ2) is 2.23. The summed E-state index contributed by atoms with van der Waals surface area (Å²) in [7, 11) is 0. The molecule has 1 atom stereocenters. The van der Waals surface area contributed by atoms with E-state index in [1.807, 2.05) is 0 Å². The quantitative estimate of drug-likeness (QED) is 0.423. The van der Waals surface area contributed by atoms with E-state index in [9.17, 15) is 8.76 Å². The van der Waals surface area contributed by atoms with Crippen LogP contribution in [0.5, 0.6) is 0 Å². The minimum absolute atomic E-state index is 0.116. The van der Waals surface area contributed by atoms with Gasteiger partial charge in [0.25, 0.3) is 0 Å². The summed E-state index contributed by atoms with van der Waals surface area (Å²) in [6.07, 6.45) is 0.413. The molecule has 0 aromatic carbocycles. The van der Waals surface area contributed by atoms with Crippen LogP contribution in [0, 0.1) is 0 Å². The number of hydrogen-bond acceptors (Lipinski definition) is 4. The Morgan fingerprint density at radius 2 is 2.62 bits per heavy atom. The van der Waals surface area contributed by atoms with Crippen LogP contribution >= 0.6 is 0 Å². The highest BCUT2D eigenvalue weighted by Crippen LogP contribution is 2.00. The summed E-state index contributed by atoms with van der Waals surface area (Å²) in [5.74, 6) is 0. The van der Waals surface area contributed by atoms with Gasteiger partial charge in [-0.1, -0.05) is 5.16 Å². The topological polar surface area (TPSA) is 61.7 Å². The fourth-order valence-electron chi connectivity index (χ4n) is 0.410. The van der Waals surface area contributed by atoms with Crippen LogP contribution in [0.25, 0.3) is 0 Å². The van der Waals surface area contributed by atoms with Crippen molar-refractivity contribution in [2.45, 2.75) is 6.42 Å². The molecular formula is C3H4NO3S-. The molecule has 4 nitrogen and oxygen atoms in total. The fraction of sp³-hybridized carbons (Fsp3) is 0.667. The molecule has 1 unspecified atom stereocenters. The van der Waals surface area contributed by atoms with Crippen molar-refractivity contribution in [2.24, 2.45) is 5.16 Å². The zero-order valence-corrected chi connectivity index (χ0v) is 4.81. The summed E-state index contributed by atoms with van der Waals surface area (Å²) in [6, 6.07) is 0. The van der Waals surface area contributed by atoms with E-state index in [-0.39, 0.29) is 5.04 Å². The van der Waals surface area contributed by atoms with Gasteiger partial charge in [0.1, 0.15) is 11.7 Å². The van der Waals surface area contributed by atoms with Gasteiger partial charge in [0.15, 0.2) is 0 Å². The Hall–Kier alpha value is -0.420. The van der Waals surface area contributed by atoms with Gasteiger partial charge in [-0.2, -0.15) is 0 Å². The van der Waals surface area contributed by atoms with E-state index in [2.05, 4.69) is 9.99 Å². The Balaban J connectivity index is 2.57. The van der Waals surface area contributed by atoms with Crippen molar-refractivity contribution < 1.29 is 13.6 Å². The van der Waals surface area contributed by atoms with Crippen molar-refractivity contribution in [1.82, 2.24) is 0 Å². The van der Waals surface area contributed by atoms with Gasteiger partial charge < -0.3 is 9.39 Å². The lowest BCUT2D eigenvalue weighted by molar-refractivity contribution is 0.174. The lowest BCUT2D eigenvalue weighted by atomic mass is 10.5. The summed E-state index contributed by atoms with van der Waals surface area (Å²) >= 11 is -2.17. The van der Waals surface area contributed by atoms with Gasteiger partial charge in [-0.15, -0.1) is 0 Å². The molecule has 1 heterocycles. The van der Waals surface area contributed by atoms with Crippen LogP contribution < -0.4 is 0 Å². The van der Waals surface area contributed by atoms with Crippen molar-refractivity contribution in [3.8, 4) is 0 Å². The molecule has 0 aromatic rings. The van der Waals surface area contributed by atoms with Crippen molar-refractivity contribution in [3.63, 3.8) is 0 Å². The molecule has 8 heavy (non-hydrogen) atoms. The monoisotopic (exact) mass is 134 g/mol. The van der Waals surface area contributed by atoms with Crippen LogP contribution in [-0.4, -0.2) is 20.4 Å². The summed E-state index contributed by atoms with van der Waals surface area (Å²) in [6.45, 7) is 0.392. The number of rotatable bonds is 0. The van der Waals surface area contributed by atoms with E-state index in [0.717, 1.165) is 0 Å². The van der Waals surface area contributed by atoms with Crippen LogP contribution in [0.4, 0.5) is 0 Å². The zero-order valence-electron chi connectivity index (χ0n) is 3.99. The lowest BCUT2D eigenvalue weighted by Crippen LogP contribution is -2.02. The van der Waals surface area contributed by atoms with Crippen molar-refractivity contribution >= 4 is 16.1 Å². The molecule has 0 aliphatic carbocycles. The van der Waals surface area contributed by atoms with Gasteiger partial charge in [-0.05, 0) is 11.1 Å². The molecule has 1 aliphatic heterocycles. The molecule has 0 bridgehead atoms.